The van der Waals surface area contributed by atoms with E-state index in [-0.39, 0.29) is 0 Å². The van der Waals surface area contributed by atoms with Crippen molar-refractivity contribution in [2.24, 2.45) is 0 Å². The first-order chi connectivity index (χ1) is 9.74. The average molecular weight is 339 g/mol. The van der Waals surface area contributed by atoms with Crippen LogP contribution in [0.15, 0.2) is 22.7 Å². The molecular weight excluding hydrogens is 316 g/mol. The standard InChI is InChI=1S/C16H23BrN2O/c1-19-8-3-2-4-13(19)11-18-15-7-9-20-16-6-5-12(17)10-14(15)16/h5-6,10,13,15,18H,2-4,7-9,11H2,1H3. The van der Waals surface area contributed by atoms with Crippen LogP contribution in [0.5, 0.6) is 5.75 Å². The van der Waals surface area contributed by atoms with Crippen LogP contribution in [0.2, 0.25) is 0 Å². The van der Waals surface area contributed by atoms with Crippen molar-refractivity contribution in [1.29, 1.82) is 0 Å². The van der Waals surface area contributed by atoms with Gasteiger partial charge in [0.1, 0.15) is 5.75 Å². The van der Waals surface area contributed by atoms with E-state index in [0.29, 0.717) is 12.1 Å². The molecule has 0 aromatic heterocycles. The van der Waals surface area contributed by atoms with Crippen LogP contribution in [0.4, 0.5) is 0 Å². The zero-order valence-electron chi connectivity index (χ0n) is 12.1. The number of likely N-dealkylation sites (N-methyl/N-ethyl adjacent to an activating group) is 1. The van der Waals surface area contributed by atoms with Crippen molar-refractivity contribution in [3.8, 4) is 5.75 Å². The van der Waals surface area contributed by atoms with Crippen molar-refractivity contribution in [2.75, 3.05) is 26.7 Å². The van der Waals surface area contributed by atoms with E-state index in [0.717, 1.165) is 29.8 Å². The van der Waals surface area contributed by atoms with Crippen molar-refractivity contribution >= 4 is 15.9 Å². The summed E-state index contributed by atoms with van der Waals surface area (Å²) < 4.78 is 6.88. The van der Waals surface area contributed by atoms with Gasteiger partial charge in [0.25, 0.3) is 0 Å². The number of ether oxygens (including phenoxy) is 1. The zero-order valence-corrected chi connectivity index (χ0v) is 13.7. The minimum atomic E-state index is 0.423. The molecule has 3 nitrogen and oxygen atoms in total. The molecule has 0 bridgehead atoms. The summed E-state index contributed by atoms with van der Waals surface area (Å²) in [6.45, 7) is 3.13. The first-order valence-electron chi connectivity index (χ1n) is 7.60. The van der Waals surface area contributed by atoms with Crippen LogP contribution in [0.3, 0.4) is 0 Å². The highest BCUT2D eigenvalue weighted by Gasteiger charge is 2.24. The molecule has 2 unspecified atom stereocenters. The van der Waals surface area contributed by atoms with Crippen molar-refractivity contribution in [2.45, 2.75) is 37.8 Å². The third-order valence-electron chi connectivity index (χ3n) is 4.53. The Morgan fingerprint density at radius 1 is 1.35 bits per heavy atom. The highest BCUT2D eigenvalue weighted by Crippen LogP contribution is 2.34. The average Bonchev–Trinajstić information content (AvgIpc) is 2.46. The van der Waals surface area contributed by atoms with Gasteiger partial charge in [0.05, 0.1) is 6.61 Å². The Kier molecular flexibility index (Phi) is 4.64. The van der Waals surface area contributed by atoms with Crippen LogP contribution in [-0.2, 0) is 0 Å². The van der Waals surface area contributed by atoms with Gasteiger partial charge in [-0.05, 0) is 44.6 Å². The lowest BCUT2D eigenvalue weighted by molar-refractivity contribution is 0.171. The van der Waals surface area contributed by atoms with Crippen LogP contribution in [0.1, 0.15) is 37.3 Å². The van der Waals surface area contributed by atoms with Crippen LogP contribution in [0.25, 0.3) is 0 Å². The molecule has 2 aliphatic heterocycles. The van der Waals surface area contributed by atoms with Gasteiger partial charge in [0.15, 0.2) is 0 Å². The van der Waals surface area contributed by atoms with Crippen molar-refractivity contribution in [3.63, 3.8) is 0 Å². The van der Waals surface area contributed by atoms with Gasteiger partial charge in [-0.1, -0.05) is 22.4 Å². The summed E-state index contributed by atoms with van der Waals surface area (Å²) in [5, 5.41) is 3.76. The second-order valence-corrected chi connectivity index (χ2v) is 6.83. The molecule has 1 aromatic carbocycles. The summed E-state index contributed by atoms with van der Waals surface area (Å²) in [7, 11) is 2.25. The molecule has 2 aliphatic rings. The van der Waals surface area contributed by atoms with Crippen LogP contribution >= 0.6 is 15.9 Å². The predicted molar refractivity (Wildman–Crippen MR) is 85.3 cm³/mol. The minimum Gasteiger partial charge on any atom is -0.493 e. The monoisotopic (exact) mass is 338 g/mol. The first-order valence-corrected chi connectivity index (χ1v) is 8.39. The Morgan fingerprint density at radius 2 is 2.25 bits per heavy atom. The number of fused-ring (bicyclic) bond motifs is 1. The summed E-state index contributed by atoms with van der Waals surface area (Å²) in [5.41, 5.74) is 1.30. The van der Waals surface area contributed by atoms with Gasteiger partial charge >= 0.3 is 0 Å². The van der Waals surface area contributed by atoms with E-state index in [1.807, 2.05) is 0 Å². The van der Waals surface area contributed by atoms with Crippen LogP contribution in [-0.4, -0.2) is 37.7 Å². The number of hydrogen-bond acceptors (Lipinski definition) is 3. The van der Waals surface area contributed by atoms with E-state index in [1.165, 1.54) is 31.4 Å². The molecule has 0 amide bonds. The smallest absolute Gasteiger partial charge is 0.124 e. The second kappa shape index (κ2) is 6.46. The molecule has 2 heterocycles. The molecule has 0 aliphatic carbocycles. The van der Waals surface area contributed by atoms with Gasteiger partial charge in [-0.2, -0.15) is 0 Å². The highest BCUT2D eigenvalue weighted by molar-refractivity contribution is 9.10. The summed E-state index contributed by atoms with van der Waals surface area (Å²) in [6, 6.07) is 7.42. The topological polar surface area (TPSA) is 24.5 Å². The highest BCUT2D eigenvalue weighted by atomic mass is 79.9. The van der Waals surface area contributed by atoms with E-state index < -0.39 is 0 Å². The van der Waals surface area contributed by atoms with Crippen molar-refractivity contribution in [3.05, 3.63) is 28.2 Å². The van der Waals surface area contributed by atoms with E-state index in [2.05, 4.69) is 51.4 Å². The number of nitrogens with zero attached hydrogens (tertiary/aromatic N) is 1. The normalized spacial score (nSPS) is 26.9. The number of nitrogens with one attached hydrogen (secondary N) is 1. The number of piperidine rings is 1. The van der Waals surface area contributed by atoms with Gasteiger partial charge in [-0.3, -0.25) is 0 Å². The maximum Gasteiger partial charge on any atom is 0.124 e. The number of likely N-dealkylation sites (tertiary alicyclic amines) is 1. The fourth-order valence-corrected chi connectivity index (χ4v) is 3.64. The molecule has 20 heavy (non-hydrogen) atoms. The largest absolute Gasteiger partial charge is 0.493 e. The van der Waals surface area contributed by atoms with E-state index >= 15 is 0 Å². The fourth-order valence-electron chi connectivity index (χ4n) is 3.26. The fraction of sp³-hybridized carbons (Fsp3) is 0.625. The Balaban J connectivity index is 1.65. The van der Waals surface area contributed by atoms with Crippen LogP contribution < -0.4 is 10.1 Å². The molecule has 0 spiro atoms. The third-order valence-corrected chi connectivity index (χ3v) is 5.03. The molecule has 2 atom stereocenters. The van der Waals surface area contributed by atoms with Gasteiger partial charge in [-0.15, -0.1) is 0 Å². The molecule has 1 aromatic rings. The third kappa shape index (κ3) is 3.18. The lowest BCUT2D eigenvalue weighted by Gasteiger charge is -2.35. The maximum absolute atomic E-state index is 5.75. The van der Waals surface area contributed by atoms with Crippen LogP contribution in [0, 0.1) is 0 Å². The number of benzene rings is 1. The molecule has 110 valence electrons. The second-order valence-electron chi connectivity index (χ2n) is 5.91. The number of hydrogen-bond donors (Lipinski definition) is 1. The molecule has 1 fully saturated rings. The van der Waals surface area contributed by atoms with Gasteiger partial charge in [0, 0.05) is 35.1 Å². The van der Waals surface area contributed by atoms with Gasteiger partial charge in [-0.25, -0.2) is 0 Å². The van der Waals surface area contributed by atoms with E-state index in [9.17, 15) is 0 Å². The maximum atomic E-state index is 5.75. The molecule has 0 radical (unpaired) electrons. The first kappa shape index (κ1) is 14.4. The number of rotatable bonds is 3. The summed E-state index contributed by atoms with van der Waals surface area (Å²) in [5.74, 6) is 1.04. The molecule has 3 rings (SSSR count). The quantitative estimate of drug-likeness (QED) is 0.914. The van der Waals surface area contributed by atoms with Gasteiger partial charge < -0.3 is 15.0 Å². The Bertz CT molecular complexity index is 466. The Morgan fingerprint density at radius 3 is 3.10 bits per heavy atom. The van der Waals surface area contributed by atoms with E-state index in [4.69, 9.17) is 4.74 Å². The minimum absolute atomic E-state index is 0.423. The molecule has 0 saturated carbocycles. The molecule has 1 N–H and O–H groups in total. The number of halogens is 1. The van der Waals surface area contributed by atoms with Gasteiger partial charge in [0.2, 0.25) is 0 Å². The molecular formula is C16H23BrN2O. The molecule has 4 heteroatoms. The molecule has 1 saturated heterocycles. The SMILES string of the molecule is CN1CCCCC1CNC1CCOc2ccc(Br)cc21. The zero-order chi connectivity index (χ0) is 13.9. The summed E-state index contributed by atoms with van der Waals surface area (Å²) in [4.78, 5) is 2.50. The van der Waals surface area contributed by atoms with Crippen molar-refractivity contribution < 1.29 is 4.74 Å². The summed E-state index contributed by atoms with van der Waals surface area (Å²) in [6.07, 6.45) is 5.09. The van der Waals surface area contributed by atoms with E-state index in [1.54, 1.807) is 0 Å². The Labute approximate surface area is 129 Å². The summed E-state index contributed by atoms with van der Waals surface area (Å²) >= 11 is 3.56. The lowest BCUT2D eigenvalue weighted by atomic mass is 9.98. The predicted octanol–water partition coefficient (Wildman–Crippen LogP) is 3.35. The lowest BCUT2D eigenvalue weighted by Crippen LogP contribution is -2.44. The van der Waals surface area contributed by atoms with Crippen molar-refractivity contribution in [1.82, 2.24) is 10.2 Å². The Hall–Kier alpha value is -0.580.